The highest BCUT2D eigenvalue weighted by molar-refractivity contribution is 5.68. The highest BCUT2D eigenvalue weighted by Gasteiger charge is 2.41. The maximum atomic E-state index is 14.7. The number of ether oxygens (including phenoxy) is 1. The predicted octanol–water partition coefficient (Wildman–Crippen LogP) is 3.03. The number of fused-ring (bicyclic) bond motifs is 2. The molecule has 0 amide bonds. The zero-order valence-corrected chi connectivity index (χ0v) is 15.8. The Morgan fingerprint density at radius 2 is 2.10 bits per heavy atom. The van der Waals surface area contributed by atoms with Crippen LogP contribution in [0.15, 0.2) is 49.1 Å². The first-order valence-corrected chi connectivity index (χ1v) is 9.89. The fourth-order valence-electron chi connectivity index (χ4n) is 4.26. The Balaban J connectivity index is 1.31. The van der Waals surface area contributed by atoms with E-state index in [0.717, 1.165) is 24.9 Å². The molecule has 7 nitrogen and oxygen atoms in total. The van der Waals surface area contributed by atoms with Crippen molar-refractivity contribution in [2.45, 2.75) is 50.0 Å². The minimum atomic E-state index is -1.05. The van der Waals surface area contributed by atoms with Crippen molar-refractivity contribution < 1.29 is 14.2 Å². The van der Waals surface area contributed by atoms with Crippen LogP contribution in [0.25, 0.3) is 16.9 Å². The number of hydrogen-bond donors (Lipinski definition) is 2. The highest BCUT2D eigenvalue weighted by Crippen LogP contribution is 2.32. The van der Waals surface area contributed by atoms with E-state index < -0.39 is 12.3 Å². The van der Waals surface area contributed by atoms with Gasteiger partial charge in [0.05, 0.1) is 17.7 Å². The number of halogens is 1. The van der Waals surface area contributed by atoms with E-state index in [0.29, 0.717) is 29.6 Å². The maximum Gasteiger partial charge on any atom is 0.233 e. The highest BCUT2D eigenvalue weighted by atomic mass is 19.1. The summed E-state index contributed by atoms with van der Waals surface area (Å²) in [7, 11) is 0. The standard InChI is InChI=1S/C21H22FN5O2/c22-21-17-3-1-2-13(24-17)10-19(21)29-20-7-6-16(25-26-20)15-5-4-14(11-18(15)28)27-9-8-23-12-27/h4-9,11-13,17,19,21,24,28H,1-3,10H2/t13?,17?,19-,21+/m0/s1. The summed E-state index contributed by atoms with van der Waals surface area (Å²) in [5.41, 5.74) is 1.88. The van der Waals surface area contributed by atoms with Gasteiger partial charge in [-0.2, -0.15) is 0 Å². The fourth-order valence-corrected chi connectivity index (χ4v) is 4.26. The smallest absolute Gasteiger partial charge is 0.233 e. The molecule has 0 aliphatic carbocycles. The van der Waals surface area contributed by atoms with Crippen molar-refractivity contribution in [3.05, 3.63) is 49.1 Å². The Hall–Kier alpha value is -3.00. The molecule has 2 aliphatic rings. The summed E-state index contributed by atoms with van der Waals surface area (Å²) in [6.45, 7) is 0. The SMILES string of the molecule is Oc1cc(-n2ccnc2)ccc1-c1ccc(O[C@H]2CC3CCCC(N3)[C@H]2F)nn1. The molecule has 4 atom stereocenters. The van der Waals surface area contributed by atoms with Gasteiger partial charge in [0.15, 0.2) is 6.17 Å². The van der Waals surface area contributed by atoms with Crippen molar-refractivity contribution in [3.8, 4) is 28.6 Å². The van der Waals surface area contributed by atoms with Gasteiger partial charge in [-0.25, -0.2) is 9.37 Å². The third kappa shape index (κ3) is 3.55. The number of piperidine rings is 2. The molecular weight excluding hydrogens is 373 g/mol. The number of aromatic nitrogens is 4. The van der Waals surface area contributed by atoms with E-state index in [9.17, 15) is 9.50 Å². The summed E-state index contributed by atoms with van der Waals surface area (Å²) in [5, 5.41) is 22.0. The summed E-state index contributed by atoms with van der Waals surface area (Å²) in [4.78, 5) is 4.00. The number of aromatic hydroxyl groups is 1. The average molecular weight is 395 g/mol. The van der Waals surface area contributed by atoms with Crippen LogP contribution in [-0.2, 0) is 0 Å². The van der Waals surface area contributed by atoms with Gasteiger partial charge in [-0.3, -0.25) is 0 Å². The first kappa shape index (κ1) is 18.1. The van der Waals surface area contributed by atoms with E-state index in [-0.39, 0.29) is 11.8 Å². The Kier molecular flexibility index (Phi) is 4.63. The molecule has 2 saturated heterocycles. The molecule has 2 unspecified atom stereocenters. The summed E-state index contributed by atoms with van der Waals surface area (Å²) in [5.74, 6) is 0.394. The zero-order valence-electron chi connectivity index (χ0n) is 15.8. The largest absolute Gasteiger partial charge is 0.507 e. The van der Waals surface area contributed by atoms with Crippen molar-refractivity contribution in [1.82, 2.24) is 25.1 Å². The van der Waals surface area contributed by atoms with Gasteiger partial charge in [-0.1, -0.05) is 6.42 Å². The van der Waals surface area contributed by atoms with Crippen LogP contribution in [0.3, 0.4) is 0 Å². The van der Waals surface area contributed by atoms with Crippen LogP contribution in [-0.4, -0.2) is 49.2 Å². The molecule has 2 bridgehead atoms. The quantitative estimate of drug-likeness (QED) is 0.706. The summed E-state index contributed by atoms with van der Waals surface area (Å²) in [6.07, 6.45) is 7.18. The second kappa shape index (κ2) is 7.44. The first-order valence-electron chi connectivity index (χ1n) is 9.89. The molecule has 1 aromatic carbocycles. The first-order chi connectivity index (χ1) is 14.2. The lowest BCUT2D eigenvalue weighted by atomic mass is 9.84. The van der Waals surface area contributed by atoms with E-state index in [4.69, 9.17) is 4.74 Å². The number of phenolic OH excluding ortho intramolecular Hbond substituents is 1. The topological polar surface area (TPSA) is 85.1 Å². The number of alkyl halides is 1. The Morgan fingerprint density at radius 1 is 1.17 bits per heavy atom. The molecule has 0 saturated carbocycles. The maximum absolute atomic E-state index is 14.7. The van der Waals surface area contributed by atoms with Crippen molar-refractivity contribution in [2.24, 2.45) is 0 Å². The Bertz CT molecular complexity index is 979. The van der Waals surface area contributed by atoms with Crippen molar-refractivity contribution >= 4 is 0 Å². The third-order valence-electron chi connectivity index (χ3n) is 5.75. The minimum Gasteiger partial charge on any atom is -0.507 e. The molecular formula is C21H22FN5O2. The van der Waals surface area contributed by atoms with Gasteiger partial charge in [-0.15, -0.1) is 10.2 Å². The van der Waals surface area contributed by atoms with Crippen LogP contribution in [0.1, 0.15) is 25.7 Å². The van der Waals surface area contributed by atoms with Gasteiger partial charge >= 0.3 is 0 Å². The number of rotatable bonds is 4. The van der Waals surface area contributed by atoms with Crippen LogP contribution in [0.4, 0.5) is 4.39 Å². The third-order valence-corrected chi connectivity index (χ3v) is 5.75. The van der Waals surface area contributed by atoms with E-state index in [1.54, 1.807) is 47.6 Å². The van der Waals surface area contributed by atoms with Crippen molar-refractivity contribution in [1.29, 1.82) is 0 Å². The van der Waals surface area contributed by atoms with Gasteiger partial charge in [0.2, 0.25) is 5.88 Å². The number of benzene rings is 1. The Morgan fingerprint density at radius 3 is 2.86 bits per heavy atom. The molecule has 8 heteroatoms. The van der Waals surface area contributed by atoms with Crippen LogP contribution in [0, 0.1) is 0 Å². The van der Waals surface area contributed by atoms with E-state index >= 15 is 0 Å². The molecule has 3 aromatic rings. The molecule has 5 rings (SSSR count). The van der Waals surface area contributed by atoms with Gasteiger partial charge in [-0.05, 0) is 31.0 Å². The van der Waals surface area contributed by atoms with Crippen molar-refractivity contribution in [2.75, 3.05) is 0 Å². The van der Waals surface area contributed by atoms with Gasteiger partial charge in [0.1, 0.15) is 11.9 Å². The number of hydrogen-bond acceptors (Lipinski definition) is 6. The molecule has 0 radical (unpaired) electrons. The predicted molar refractivity (Wildman–Crippen MR) is 105 cm³/mol. The second-order valence-corrected chi connectivity index (χ2v) is 7.67. The Labute approximate surface area is 167 Å². The second-order valence-electron chi connectivity index (χ2n) is 7.67. The molecule has 2 N–H and O–H groups in total. The van der Waals surface area contributed by atoms with Gasteiger partial charge in [0, 0.05) is 48.6 Å². The molecule has 2 aromatic heterocycles. The molecule has 150 valence electrons. The summed E-state index contributed by atoms with van der Waals surface area (Å²) >= 11 is 0. The van der Waals surface area contributed by atoms with Gasteiger partial charge in [0.25, 0.3) is 0 Å². The number of phenols is 1. The molecule has 2 fully saturated rings. The van der Waals surface area contributed by atoms with Crippen LogP contribution in [0.2, 0.25) is 0 Å². The lowest BCUT2D eigenvalue weighted by Crippen LogP contribution is -2.59. The number of nitrogens with one attached hydrogen (secondary N) is 1. The lowest BCUT2D eigenvalue weighted by Gasteiger charge is -2.42. The summed E-state index contributed by atoms with van der Waals surface area (Å²) in [6, 6.07) is 8.87. The fraction of sp³-hybridized carbons (Fsp3) is 0.381. The lowest BCUT2D eigenvalue weighted by molar-refractivity contribution is 0.00652. The van der Waals surface area contributed by atoms with E-state index in [1.165, 1.54) is 0 Å². The minimum absolute atomic E-state index is 0.0918. The number of nitrogens with zero attached hydrogens (tertiary/aromatic N) is 4. The average Bonchev–Trinajstić information content (AvgIpc) is 3.28. The monoisotopic (exact) mass is 395 g/mol. The van der Waals surface area contributed by atoms with Crippen LogP contribution in [0.5, 0.6) is 11.6 Å². The molecule has 0 spiro atoms. The van der Waals surface area contributed by atoms with Gasteiger partial charge < -0.3 is 19.7 Å². The van der Waals surface area contributed by atoms with Crippen LogP contribution < -0.4 is 10.1 Å². The zero-order chi connectivity index (χ0) is 19.8. The summed E-state index contributed by atoms with van der Waals surface area (Å²) < 4.78 is 22.3. The van der Waals surface area contributed by atoms with E-state index in [1.807, 2.05) is 6.07 Å². The molecule has 4 heterocycles. The molecule has 29 heavy (non-hydrogen) atoms. The number of imidazole rings is 1. The van der Waals surface area contributed by atoms with E-state index in [2.05, 4.69) is 20.5 Å². The normalized spacial score (nSPS) is 26.2. The van der Waals surface area contributed by atoms with Crippen LogP contribution >= 0.6 is 0 Å². The van der Waals surface area contributed by atoms with Crippen molar-refractivity contribution in [3.63, 3.8) is 0 Å². The molecule has 2 aliphatic heterocycles.